The largest absolute Gasteiger partial charge is 0.383 e. The van der Waals surface area contributed by atoms with Crippen LogP contribution in [0, 0.1) is 5.92 Å². The molecule has 0 heterocycles. The van der Waals surface area contributed by atoms with Crippen LogP contribution < -0.4 is 5.32 Å². The number of ether oxygens (including phenoxy) is 1. The van der Waals surface area contributed by atoms with Crippen LogP contribution in [-0.4, -0.2) is 26.0 Å². The summed E-state index contributed by atoms with van der Waals surface area (Å²) in [5.41, 5.74) is 1.39. The van der Waals surface area contributed by atoms with Crippen LogP contribution in [0.4, 0.5) is 0 Å². The van der Waals surface area contributed by atoms with Crippen LogP contribution in [0.2, 0.25) is 0 Å². The maximum atomic E-state index is 5.04. The number of benzene rings is 1. The van der Waals surface area contributed by atoms with Crippen molar-refractivity contribution in [3.8, 4) is 0 Å². The Morgan fingerprint density at radius 3 is 2.83 bits per heavy atom. The molecule has 0 spiro atoms. The van der Waals surface area contributed by atoms with Crippen LogP contribution in [-0.2, 0) is 11.3 Å². The number of hydrogen-bond acceptors (Lipinski definition) is 3. The van der Waals surface area contributed by atoms with E-state index in [0.717, 1.165) is 25.6 Å². The molecule has 1 aromatic carbocycles. The first-order valence-electron chi connectivity index (χ1n) is 6.68. The first-order chi connectivity index (χ1) is 8.77. The highest BCUT2D eigenvalue weighted by atomic mass is 32.2. The van der Waals surface area contributed by atoms with Crippen molar-refractivity contribution in [1.82, 2.24) is 5.32 Å². The van der Waals surface area contributed by atoms with Crippen LogP contribution >= 0.6 is 11.8 Å². The molecule has 102 valence electrons. The first-order valence-corrected chi connectivity index (χ1v) is 7.66. The summed E-state index contributed by atoms with van der Waals surface area (Å²) in [6.45, 7) is 7.16. The number of nitrogens with one attached hydrogen (secondary N) is 1. The average molecular weight is 267 g/mol. The molecule has 1 atom stereocenters. The maximum absolute atomic E-state index is 5.04. The van der Waals surface area contributed by atoms with Crippen molar-refractivity contribution in [2.45, 2.75) is 31.7 Å². The normalized spacial score (nSPS) is 12.6. The minimum absolute atomic E-state index is 0.766. The van der Waals surface area contributed by atoms with Gasteiger partial charge in [0.15, 0.2) is 0 Å². The van der Waals surface area contributed by atoms with Crippen molar-refractivity contribution in [3.05, 3.63) is 29.8 Å². The van der Waals surface area contributed by atoms with Gasteiger partial charge in [-0.05, 0) is 17.5 Å². The van der Waals surface area contributed by atoms with E-state index in [1.54, 1.807) is 7.11 Å². The zero-order chi connectivity index (χ0) is 13.2. The Morgan fingerprint density at radius 1 is 1.33 bits per heavy atom. The van der Waals surface area contributed by atoms with Crippen LogP contribution in [0.3, 0.4) is 0 Å². The number of rotatable bonds is 9. The Balaban J connectivity index is 2.45. The van der Waals surface area contributed by atoms with Crippen molar-refractivity contribution in [2.75, 3.05) is 26.0 Å². The molecular weight excluding hydrogens is 242 g/mol. The second kappa shape index (κ2) is 9.42. The molecule has 1 rings (SSSR count). The maximum Gasteiger partial charge on any atom is 0.0587 e. The van der Waals surface area contributed by atoms with Crippen LogP contribution in [0.25, 0.3) is 0 Å². The summed E-state index contributed by atoms with van der Waals surface area (Å²) in [7, 11) is 1.73. The second-order valence-electron chi connectivity index (χ2n) is 4.60. The van der Waals surface area contributed by atoms with E-state index in [9.17, 15) is 0 Å². The molecule has 0 saturated heterocycles. The minimum Gasteiger partial charge on any atom is -0.383 e. The fourth-order valence-corrected chi connectivity index (χ4v) is 2.74. The summed E-state index contributed by atoms with van der Waals surface area (Å²) in [5.74, 6) is 1.98. The van der Waals surface area contributed by atoms with Gasteiger partial charge in [0.05, 0.1) is 6.61 Å². The smallest absolute Gasteiger partial charge is 0.0587 e. The van der Waals surface area contributed by atoms with Gasteiger partial charge in [0, 0.05) is 30.8 Å². The highest BCUT2D eigenvalue weighted by Crippen LogP contribution is 2.25. The van der Waals surface area contributed by atoms with E-state index in [0.29, 0.717) is 0 Å². The summed E-state index contributed by atoms with van der Waals surface area (Å²) >= 11 is 1.97. The van der Waals surface area contributed by atoms with Gasteiger partial charge < -0.3 is 10.1 Å². The predicted molar refractivity (Wildman–Crippen MR) is 80.2 cm³/mol. The predicted octanol–water partition coefficient (Wildman–Crippen LogP) is 3.56. The Kier molecular flexibility index (Phi) is 8.14. The second-order valence-corrected chi connectivity index (χ2v) is 5.66. The summed E-state index contributed by atoms with van der Waals surface area (Å²) in [6.07, 6.45) is 1.25. The van der Waals surface area contributed by atoms with Crippen molar-refractivity contribution < 1.29 is 4.74 Å². The molecule has 1 aromatic rings. The van der Waals surface area contributed by atoms with Gasteiger partial charge in [-0.2, -0.15) is 0 Å². The Labute approximate surface area is 116 Å². The van der Waals surface area contributed by atoms with E-state index in [2.05, 4.69) is 43.4 Å². The van der Waals surface area contributed by atoms with Gasteiger partial charge in [0.25, 0.3) is 0 Å². The molecule has 0 saturated carbocycles. The van der Waals surface area contributed by atoms with E-state index in [1.807, 2.05) is 11.8 Å². The third kappa shape index (κ3) is 5.89. The highest BCUT2D eigenvalue weighted by Gasteiger charge is 2.04. The highest BCUT2D eigenvalue weighted by molar-refractivity contribution is 7.99. The molecule has 0 aliphatic heterocycles. The van der Waals surface area contributed by atoms with E-state index < -0.39 is 0 Å². The minimum atomic E-state index is 0.766. The van der Waals surface area contributed by atoms with Gasteiger partial charge in [-0.1, -0.05) is 38.5 Å². The molecule has 0 aliphatic carbocycles. The lowest BCUT2D eigenvalue weighted by Crippen LogP contribution is -2.18. The lowest BCUT2D eigenvalue weighted by molar-refractivity contribution is 0.199. The molecule has 3 heteroatoms. The summed E-state index contributed by atoms with van der Waals surface area (Å²) in [5, 5.41) is 3.41. The quantitative estimate of drug-likeness (QED) is 0.546. The van der Waals surface area contributed by atoms with Crippen LogP contribution in [0.15, 0.2) is 29.2 Å². The number of hydrogen-bond donors (Lipinski definition) is 1. The zero-order valence-corrected chi connectivity index (χ0v) is 12.6. The molecule has 0 radical (unpaired) electrons. The average Bonchev–Trinajstić information content (AvgIpc) is 2.42. The fraction of sp³-hybridized carbons (Fsp3) is 0.600. The number of methoxy groups -OCH3 is 1. The molecule has 0 amide bonds. The fourth-order valence-electron chi connectivity index (χ4n) is 1.54. The Morgan fingerprint density at radius 2 is 2.11 bits per heavy atom. The molecule has 2 nitrogen and oxygen atoms in total. The third-order valence-corrected chi connectivity index (χ3v) is 4.44. The SMILES string of the molecule is CCC(C)CSc1ccccc1CNCCOC. The van der Waals surface area contributed by atoms with E-state index in [4.69, 9.17) is 4.74 Å². The molecule has 1 unspecified atom stereocenters. The molecule has 18 heavy (non-hydrogen) atoms. The Hall–Kier alpha value is -0.510. The Bertz CT molecular complexity index is 330. The molecule has 0 aromatic heterocycles. The monoisotopic (exact) mass is 267 g/mol. The van der Waals surface area contributed by atoms with E-state index >= 15 is 0 Å². The molecule has 1 N–H and O–H groups in total. The third-order valence-electron chi connectivity index (χ3n) is 2.99. The van der Waals surface area contributed by atoms with Crippen molar-refractivity contribution in [2.24, 2.45) is 5.92 Å². The molecule has 0 aliphatic rings. The van der Waals surface area contributed by atoms with Crippen LogP contribution in [0.5, 0.6) is 0 Å². The lowest BCUT2D eigenvalue weighted by atomic mass is 10.2. The number of thioether (sulfide) groups is 1. The first kappa shape index (κ1) is 15.5. The lowest BCUT2D eigenvalue weighted by Gasteiger charge is -2.12. The van der Waals surface area contributed by atoms with Crippen molar-refractivity contribution in [3.63, 3.8) is 0 Å². The van der Waals surface area contributed by atoms with Gasteiger partial charge in [0.2, 0.25) is 0 Å². The van der Waals surface area contributed by atoms with Gasteiger partial charge in [-0.25, -0.2) is 0 Å². The van der Waals surface area contributed by atoms with Gasteiger partial charge >= 0.3 is 0 Å². The van der Waals surface area contributed by atoms with Crippen molar-refractivity contribution in [1.29, 1.82) is 0 Å². The van der Waals surface area contributed by atoms with Gasteiger partial charge in [-0.15, -0.1) is 11.8 Å². The zero-order valence-electron chi connectivity index (χ0n) is 11.7. The van der Waals surface area contributed by atoms with Crippen molar-refractivity contribution >= 4 is 11.8 Å². The summed E-state index contributed by atoms with van der Waals surface area (Å²) < 4.78 is 5.04. The standard InChI is InChI=1S/C15H25NOS/c1-4-13(2)12-18-15-8-6-5-7-14(15)11-16-9-10-17-3/h5-8,13,16H,4,9-12H2,1-3H3. The topological polar surface area (TPSA) is 21.3 Å². The molecule has 0 fully saturated rings. The van der Waals surface area contributed by atoms with E-state index in [-0.39, 0.29) is 0 Å². The molecular formula is C15H25NOS. The van der Waals surface area contributed by atoms with Gasteiger partial charge in [0.1, 0.15) is 0 Å². The van der Waals surface area contributed by atoms with Gasteiger partial charge in [-0.3, -0.25) is 0 Å². The summed E-state index contributed by atoms with van der Waals surface area (Å²) in [4.78, 5) is 1.41. The summed E-state index contributed by atoms with van der Waals surface area (Å²) in [6, 6.07) is 8.66. The van der Waals surface area contributed by atoms with E-state index in [1.165, 1.54) is 22.6 Å². The molecule has 0 bridgehead atoms. The van der Waals surface area contributed by atoms with Crippen LogP contribution in [0.1, 0.15) is 25.8 Å².